The van der Waals surface area contributed by atoms with Crippen LogP contribution in [0.4, 0.5) is 0 Å². The predicted molar refractivity (Wildman–Crippen MR) is 59.5 cm³/mol. The number of hydrogen-bond acceptors (Lipinski definition) is 3. The molecule has 2 fully saturated rings. The number of rotatable bonds is 2. The van der Waals surface area contributed by atoms with Crippen LogP contribution in [-0.4, -0.2) is 74.6 Å². The minimum atomic E-state index is 0.934. The van der Waals surface area contributed by atoms with Gasteiger partial charge in [0.05, 0.1) is 0 Å². The lowest BCUT2D eigenvalue weighted by Gasteiger charge is -2.33. The van der Waals surface area contributed by atoms with Crippen molar-refractivity contribution in [2.45, 2.75) is 6.42 Å². The molecule has 82 valence electrons. The first-order valence-electron chi connectivity index (χ1n) is 5.83. The molecular weight excluding hydrogens is 174 g/mol. The maximum atomic E-state index is 2.64. The van der Waals surface area contributed by atoms with Crippen molar-refractivity contribution < 1.29 is 0 Å². The van der Waals surface area contributed by atoms with Gasteiger partial charge in [0.15, 0.2) is 0 Å². The zero-order valence-corrected chi connectivity index (χ0v) is 9.58. The Morgan fingerprint density at radius 1 is 0.929 bits per heavy atom. The normalized spacial score (nSPS) is 32.6. The Hall–Kier alpha value is -0.120. The van der Waals surface area contributed by atoms with E-state index in [1.54, 1.807) is 0 Å². The second-order valence-electron chi connectivity index (χ2n) is 5.02. The average molecular weight is 197 g/mol. The molecule has 0 aliphatic carbocycles. The van der Waals surface area contributed by atoms with Crippen molar-refractivity contribution in [2.75, 3.05) is 59.9 Å². The van der Waals surface area contributed by atoms with Crippen LogP contribution in [0.15, 0.2) is 0 Å². The summed E-state index contributed by atoms with van der Waals surface area (Å²) in [5, 5.41) is 0. The highest BCUT2D eigenvalue weighted by Gasteiger charge is 2.23. The minimum absolute atomic E-state index is 0.934. The van der Waals surface area contributed by atoms with E-state index in [1.807, 2.05) is 0 Å². The number of likely N-dealkylation sites (N-methyl/N-ethyl adjacent to an activating group) is 1. The molecule has 0 saturated carbocycles. The maximum absolute atomic E-state index is 2.64. The van der Waals surface area contributed by atoms with Crippen molar-refractivity contribution in [1.82, 2.24) is 14.7 Å². The van der Waals surface area contributed by atoms with Crippen molar-refractivity contribution in [3.05, 3.63) is 0 Å². The highest BCUT2D eigenvalue weighted by atomic mass is 15.2. The second kappa shape index (κ2) is 4.60. The molecule has 2 rings (SSSR count). The van der Waals surface area contributed by atoms with Crippen LogP contribution < -0.4 is 0 Å². The van der Waals surface area contributed by atoms with Crippen molar-refractivity contribution in [3.63, 3.8) is 0 Å². The summed E-state index contributed by atoms with van der Waals surface area (Å²) in [6.07, 6.45) is 1.41. The summed E-state index contributed by atoms with van der Waals surface area (Å²) in [4.78, 5) is 7.53. The molecule has 3 heteroatoms. The van der Waals surface area contributed by atoms with Crippen LogP contribution in [0.2, 0.25) is 0 Å². The third kappa shape index (κ3) is 2.69. The van der Waals surface area contributed by atoms with Gasteiger partial charge in [-0.25, -0.2) is 0 Å². The Bertz CT molecular complexity index is 175. The average Bonchev–Trinajstić information content (AvgIpc) is 2.56. The lowest BCUT2D eigenvalue weighted by molar-refractivity contribution is 0.137. The van der Waals surface area contributed by atoms with Gasteiger partial charge in [-0.15, -0.1) is 0 Å². The molecule has 0 radical (unpaired) electrons. The summed E-state index contributed by atoms with van der Waals surface area (Å²) in [6.45, 7) is 9.00. The highest BCUT2D eigenvalue weighted by Crippen LogP contribution is 2.16. The van der Waals surface area contributed by atoms with Gasteiger partial charge in [0.2, 0.25) is 0 Å². The minimum Gasteiger partial charge on any atom is -0.306 e. The van der Waals surface area contributed by atoms with Gasteiger partial charge in [0.25, 0.3) is 0 Å². The number of nitrogens with zero attached hydrogens (tertiary/aromatic N) is 3. The molecule has 3 nitrogen and oxygen atoms in total. The summed E-state index contributed by atoms with van der Waals surface area (Å²) < 4.78 is 0. The molecular formula is C11H23N3. The van der Waals surface area contributed by atoms with E-state index in [1.165, 1.54) is 52.2 Å². The Morgan fingerprint density at radius 3 is 2.21 bits per heavy atom. The van der Waals surface area contributed by atoms with Crippen LogP contribution in [0, 0.1) is 5.92 Å². The number of hydrogen-bond donors (Lipinski definition) is 0. The zero-order chi connectivity index (χ0) is 9.97. The van der Waals surface area contributed by atoms with E-state index in [4.69, 9.17) is 0 Å². The SMILES string of the molecule is CN1CCN(C[C@@H]2CCN(C)C2)CC1. The fourth-order valence-corrected chi connectivity index (χ4v) is 2.57. The first-order chi connectivity index (χ1) is 6.74. The maximum Gasteiger partial charge on any atom is 0.0110 e. The first kappa shape index (κ1) is 10.4. The molecule has 0 bridgehead atoms. The van der Waals surface area contributed by atoms with E-state index in [2.05, 4.69) is 28.8 Å². The van der Waals surface area contributed by atoms with E-state index >= 15 is 0 Å². The summed E-state index contributed by atoms with van der Waals surface area (Å²) in [5.74, 6) is 0.934. The third-order valence-electron chi connectivity index (χ3n) is 3.60. The van der Waals surface area contributed by atoms with E-state index in [0.717, 1.165) is 5.92 Å². The molecule has 2 saturated heterocycles. The summed E-state index contributed by atoms with van der Waals surface area (Å²) in [5.41, 5.74) is 0. The summed E-state index contributed by atoms with van der Waals surface area (Å²) in [7, 11) is 4.46. The van der Waals surface area contributed by atoms with Crippen molar-refractivity contribution >= 4 is 0 Å². The quantitative estimate of drug-likeness (QED) is 0.625. The van der Waals surface area contributed by atoms with Gasteiger partial charge in [0.1, 0.15) is 0 Å². The Labute approximate surface area is 87.7 Å². The van der Waals surface area contributed by atoms with E-state index in [-0.39, 0.29) is 0 Å². The molecule has 0 N–H and O–H groups in total. The molecule has 0 aromatic rings. The van der Waals surface area contributed by atoms with Gasteiger partial charge in [-0.1, -0.05) is 0 Å². The molecule has 0 amide bonds. The van der Waals surface area contributed by atoms with Crippen LogP contribution in [0.25, 0.3) is 0 Å². The van der Waals surface area contributed by atoms with Crippen molar-refractivity contribution in [2.24, 2.45) is 5.92 Å². The molecule has 0 aromatic heterocycles. The monoisotopic (exact) mass is 197 g/mol. The predicted octanol–water partition coefficient (Wildman–Crippen LogP) is 0.186. The molecule has 2 heterocycles. The topological polar surface area (TPSA) is 9.72 Å². The van der Waals surface area contributed by atoms with Gasteiger partial charge in [-0.2, -0.15) is 0 Å². The fourth-order valence-electron chi connectivity index (χ4n) is 2.57. The van der Waals surface area contributed by atoms with Crippen molar-refractivity contribution in [3.8, 4) is 0 Å². The van der Waals surface area contributed by atoms with Crippen molar-refractivity contribution in [1.29, 1.82) is 0 Å². The van der Waals surface area contributed by atoms with Gasteiger partial charge >= 0.3 is 0 Å². The van der Waals surface area contributed by atoms with E-state index in [9.17, 15) is 0 Å². The number of likely N-dealkylation sites (tertiary alicyclic amines) is 1. The number of piperazine rings is 1. The Balaban J connectivity index is 1.70. The van der Waals surface area contributed by atoms with Crippen LogP contribution in [0.1, 0.15) is 6.42 Å². The van der Waals surface area contributed by atoms with E-state index in [0.29, 0.717) is 0 Å². The van der Waals surface area contributed by atoms with Gasteiger partial charge in [0, 0.05) is 39.3 Å². The van der Waals surface area contributed by atoms with Crippen LogP contribution >= 0.6 is 0 Å². The molecule has 14 heavy (non-hydrogen) atoms. The zero-order valence-electron chi connectivity index (χ0n) is 9.58. The van der Waals surface area contributed by atoms with Crippen LogP contribution in [0.5, 0.6) is 0 Å². The van der Waals surface area contributed by atoms with Gasteiger partial charge < -0.3 is 14.7 Å². The fraction of sp³-hybridized carbons (Fsp3) is 1.00. The molecule has 0 spiro atoms. The smallest absolute Gasteiger partial charge is 0.0110 e. The van der Waals surface area contributed by atoms with E-state index < -0.39 is 0 Å². The standard InChI is InChI=1S/C11H23N3/c1-12-5-7-14(8-6-12)10-11-3-4-13(2)9-11/h11H,3-10H2,1-2H3/t11-/m1/s1. The highest BCUT2D eigenvalue weighted by molar-refractivity contribution is 4.78. The molecule has 0 unspecified atom stereocenters. The van der Waals surface area contributed by atoms with Gasteiger partial charge in [-0.05, 0) is 33.0 Å². The Kier molecular flexibility index (Phi) is 3.42. The lowest BCUT2D eigenvalue weighted by Crippen LogP contribution is -2.46. The lowest BCUT2D eigenvalue weighted by atomic mass is 10.1. The summed E-state index contributed by atoms with van der Waals surface area (Å²) in [6, 6.07) is 0. The third-order valence-corrected chi connectivity index (χ3v) is 3.60. The van der Waals surface area contributed by atoms with Crippen LogP contribution in [0.3, 0.4) is 0 Å². The van der Waals surface area contributed by atoms with Crippen LogP contribution in [-0.2, 0) is 0 Å². The first-order valence-corrected chi connectivity index (χ1v) is 5.83. The second-order valence-corrected chi connectivity index (χ2v) is 5.02. The Morgan fingerprint density at radius 2 is 1.64 bits per heavy atom. The molecule has 2 aliphatic heterocycles. The van der Waals surface area contributed by atoms with Gasteiger partial charge in [-0.3, -0.25) is 0 Å². The molecule has 2 aliphatic rings. The molecule has 0 aromatic carbocycles. The summed E-state index contributed by atoms with van der Waals surface area (Å²) >= 11 is 0. The largest absolute Gasteiger partial charge is 0.306 e. The molecule has 1 atom stereocenters.